The average Bonchev–Trinajstić information content (AvgIpc) is 2.80. The summed E-state index contributed by atoms with van der Waals surface area (Å²) < 4.78 is 19.4. The second kappa shape index (κ2) is 8.36. The van der Waals surface area contributed by atoms with E-state index in [0.29, 0.717) is 17.3 Å². The summed E-state index contributed by atoms with van der Waals surface area (Å²) in [4.78, 5) is 12.0. The maximum Gasteiger partial charge on any atom is 0.302 e. The Kier molecular flexibility index (Phi) is 6.06. The lowest BCUT2D eigenvalue weighted by atomic mass is 9.33. The number of hydrogen-bond acceptors (Lipinski definition) is 4. The van der Waals surface area contributed by atoms with Gasteiger partial charge in [-0.2, -0.15) is 0 Å². The van der Waals surface area contributed by atoms with Gasteiger partial charge in [0.15, 0.2) is 5.79 Å². The molecule has 6 aliphatic rings. The number of carbonyl (C=O) groups excluding carboxylic acids is 1. The molecule has 1 aliphatic heterocycles. The van der Waals surface area contributed by atoms with E-state index in [4.69, 9.17) is 14.2 Å². The van der Waals surface area contributed by atoms with Gasteiger partial charge in [-0.3, -0.25) is 4.79 Å². The number of esters is 1. The Bertz CT molecular complexity index is 1080. The monoisotopic (exact) mass is 540 g/mol. The molecule has 0 unspecified atom stereocenters. The Labute approximate surface area is 238 Å². The van der Waals surface area contributed by atoms with Crippen molar-refractivity contribution in [3.8, 4) is 0 Å². The molecule has 220 valence electrons. The maximum absolute atomic E-state index is 12.0. The van der Waals surface area contributed by atoms with Gasteiger partial charge in [0, 0.05) is 17.8 Å². The highest BCUT2D eigenvalue weighted by atomic mass is 16.7. The fourth-order valence-corrected chi connectivity index (χ4v) is 11.9. The first-order valence-corrected chi connectivity index (χ1v) is 16.1. The third kappa shape index (κ3) is 3.78. The van der Waals surface area contributed by atoms with E-state index >= 15 is 0 Å². The second-order valence-corrected chi connectivity index (χ2v) is 17.3. The summed E-state index contributed by atoms with van der Waals surface area (Å²) in [6.07, 6.45) is 12.2. The number of fused-ring (bicyclic) bond motifs is 5. The first-order valence-electron chi connectivity index (χ1n) is 16.1. The molecule has 0 radical (unpaired) electrons. The Hall–Kier alpha value is -0.870. The van der Waals surface area contributed by atoms with Crippen molar-refractivity contribution >= 4 is 5.97 Å². The topological polar surface area (TPSA) is 44.8 Å². The first-order chi connectivity index (χ1) is 17.9. The van der Waals surface area contributed by atoms with Gasteiger partial charge < -0.3 is 14.2 Å². The summed E-state index contributed by atoms with van der Waals surface area (Å²) in [5.74, 6) is 0.611. The van der Waals surface area contributed by atoms with Gasteiger partial charge in [-0.25, -0.2) is 0 Å². The molecule has 5 fully saturated rings. The van der Waals surface area contributed by atoms with Crippen LogP contribution in [0.1, 0.15) is 133 Å². The van der Waals surface area contributed by atoms with Crippen LogP contribution in [0.4, 0.5) is 0 Å². The molecule has 4 saturated carbocycles. The number of ether oxygens (including phenoxy) is 3. The molecule has 1 heterocycles. The molecule has 1 saturated heterocycles. The fraction of sp³-hybridized carbons (Fsp3) is 0.914. The van der Waals surface area contributed by atoms with E-state index in [2.05, 4.69) is 62.3 Å². The molecular formula is C35H56O4. The minimum absolute atomic E-state index is 0.00258. The molecule has 4 nitrogen and oxygen atoms in total. The van der Waals surface area contributed by atoms with E-state index in [1.165, 1.54) is 51.4 Å². The van der Waals surface area contributed by atoms with E-state index in [0.717, 1.165) is 19.4 Å². The van der Waals surface area contributed by atoms with Crippen molar-refractivity contribution < 1.29 is 19.0 Å². The van der Waals surface area contributed by atoms with Crippen LogP contribution in [0.25, 0.3) is 0 Å². The quantitative estimate of drug-likeness (QED) is 0.247. The second-order valence-electron chi connectivity index (χ2n) is 17.3. The molecule has 0 amide bonds. The highest BCUT2D eigenvalue weighted by Crippen LogP contribution is 2.76. The third-order valence-electron chi connectivity index (χ3n) is 14.1. The fourth-order valence-electron chi connectivity index (χ4n) is 11.9. The summed E-state index contributed by atoms with van der Waals surface area (Å²) in [5, 5.41) is 0. The minimum Gasteiger partial charge on any atom is -0.462 e. The predicted molar refractivity (Wildman–Crippen MR) is 155 cm³/mol. The van der Waals surface area contributed by atoms with E-state index in [1.807, 2.05) is 0 Å². The summed E-state index contributed by atoms with van der Waals surface area (Å²) in [7, 11) is 0. The van der Waals surface area contributed by atoms with Crippen molar-refractivity contribution in [1.82, 2.24) is 0 Å². The maximum atomic E-state index is 12.0. The average molecular weight is 541 g/mol. The van der Waals surface area contributed by atoms with Crippen LogP contribution in [0, 0.1) is 44.3 Å². The Balaban J connectivity index is 1.43. The standard InChI is InChI=1S/C35H56O4/c1-22(36)38-27-14-15-32(8)25(30(27,4)5)13-16-33(9)26(32)12-11-23-24-19-29(2,3)17-18-35(24)21-37-31(6,7)39-28(35)20-34(23,33)10/h25-28H,11-21H2,1-10H3/t25-,26+,27-,28+,32-,33+,34+,35+/m0/s1. The minimum atomic E-state index is -0.514. The van der Waals surface area contributed by atoms with Crippen LogP contribution in [0.3, 0.4) is 0 Å². The van der Waals surface area contributed by atoms with Crippen molar-refractivity contribution in [2.75, 3.05) is 6.61 Å². The molecule has 0 N–H and O–H groups in total. The zero-order valence-corrected chi connectivity index (χ0v) is 26.7. The van der Waals surface area contributed by atoms with Gasteiger partial charge in [-0.1, -0.05) is 59.6 Å². The highest BCUT2D eigenvalue weighted by Gasteiger charge is 2.70. The largest absolute Gasteiger partial charge is 0.462 e. The molecule has 0 bridgehead atoms. The van der Waals surface area contributed by atoms with Crippen molar-refractivity contribution in [1.29, 1.82) is 0 Å². The smallest absolute Gasteiger partial charge is 0.302 e. The van der Waals surface area contributed by atoms with Crippen LogP contribution in [-0.2, 0) is 19.0 Å². The lowest BCUT2D eigenvalue weighted by Crippen LogP contribution is -2.67. The van der Waals surface area contributed by atoms with E-state index in [-0.39, 0.29) is 45.3 Å². The predicted octanol–water partition coefficient (Wildman–Crippen LogP) is 8.63. The van der Waals surface area contributed by atoms with Gasteiger partial charge in [-0.15, -0.1) is 0 Å². The summed E-state index contributed by atoms with van der Waals surface area (Å²) >= 11 is 0. The molecule has 5 aliphatic carbocycles. The van der Waals surface area contributed by atoms with E-state index in [1.54, 1.807) is 18.1 Å². The molecule has 39 heavy (non-hydrogen) atoms. The molecular weight excluding hydrogens is 484 g/mol. The van der Waals surface area contributed by atoms with Crippen LogP contribution in [0.5, 0.6) is 0 Å². The molecule has 0 aromatic heterocycles. The molecule has 1 spiro atoms. The van der Waals surface area contributed by atoms with Gasteiger partial charge in [0.1, 0.15) is 6.10 Å². The lowest BCUT2D eigenvalue weighted by molar-refractivity contribution is -0.328. The zero-order valence-electron chi connectivity index (χ0n) is 26.7. The van der Waals surface area contributed by atoms with Gasteiger partial charge in [-0.05, 0) is 112 Å². The molecule has 4 heteroatoms. The third-order valence-corrected chi connectivity index (χ3v) is 14.1. The molecule has 6 rings (SSSR count). The van der Waals surface area contributed by atoms with Crippen molar-refractivity contribution in [3.63, 3.8) is 0 Å². The lowest BCUT2D eigenvalue weighted by Gasteiger charge is -2.72. The van der Waals surface area contributed by atoms with Crippen molar-refractivity contribution in [2.24, 2.45) is 44.3 Å². The molecule has 0 aromatic rings. The van der Waals surface area contributed by atoms with Crippen molar-refractivity contribution in [2.45, 2.75) is 151 Å². The van der Waals surface area contributed by atoms with Gasteiger partial charge in [0.05, 0.1) is 12.7 Å². The van der Waals surface area contributed by atoms with Gasteiger partial charge in [0.2, 0.25) is 0 Å². The Morgan fingerprint density at radius 3 is 2.26 bits per heavy atom. The highest BCUT2D eigenvalue weighted by molar-refractivity contribution is 5.66. The van der Waals surface area contributed by atoms with Gasteiger partial charge in [0.25, 0.3) is 0 Å². The number of allylic oxidation sites excluding steroid dienone is 1. The normalized spacial score (nSPS) is 49.5. The van der Waals surface area contributed by atoms with Crippen LogP contribution < -0.4 is 0 Å². The molecule has 0 aromatic carbocycles. The summed E-state index contributed by atoms with van der Waals surface area (Å²) in [5.41, 5.74) is 4.59. The molecule has 8 atom stereocenters. The Morgan fingerprint density at radius 1 is 0.846 bits per heavy atom. The van der Waals surface area contributed by atoms with Crippen molar-refractivity contribution in [3.05, 3.63) is 11.1 Å². The van der Waals surface area contributed by atoms with Crippen LogP contribution in [0.2, 0.25) is 0 Å². The zero-order chi connectivity index (χ0) is 28.4. The van der Waals surface area contributed by atoms with Crippen LogP contribution in [0.15, 0.2) is 11.1 Å². The van der Waals surface area contributed by atoms with Crippen LogP contribution in [-0.4, -0.2) is 30.6 Å². The number of hydrogen-bond donors (Lipinski definition) is 0. The van der Waals surface area contributed by atoms with E-state index in [9.17, 15) is 4.79 Å². The van der Waals surface area contributed by atoms with Gasteiger partial charge >= 0.3 is 5.97 Å². The van der Waals surface area contributed by atoms with E-state index < -0.39 is 5.79 Å². The Morgan fingerprint density at radius 2 is 1.56 bits per heavy atom. The first kappa shape index (κ1) is 28.3. The SMILES string of the molecule is CC(=O)O[C@H]1CC[C@]2(C)[C@H]3CCC4=C5CC(C)(C)CC[C@@]56COC(C)(C)O[C@@H]6C[C@@]4(C)[C@]3(C)CC[C@H]2C1(C)C. The summed E-state index contributed by atoms with van der Waals surface area (Å²) in [6.45, 7) is 24.3. The van der Waals surface area contributed by atoms with Crippen LogP contribution >= 0.6 is 0 Å². The number of carbonyl (C=O) groups is 1. The number of rotatable bonds is 1. The summed E-state index contributed by atoms with van der Waals surface area (Å²) in [6, 6.07) is 0.